The van der Waals surface area contributed by atoms with E-state index >= 15 is 0 Å². The lowest BCUT2D eigenvalue weighted by molar-refractivity contribution is -0.415. The van der Waals surface area contributed by atoms with Crippen molar-refractivity contribution in [2.24, 2.45) is 5.92 Å². The van der Waals surface area contributed by atoms with Crippen LogP contribution in [0.25, 0.3) is 0 Å². The van der Waals surface area contributed by atoms with Crippen molar-refractivity contribution in [1.82, 2.24) is 0 Å². The fourth-order valence-electron chi connectivity index (χ4n) is 5.31. The molecule has 0 aliphatic heterocycles. The molecule has 0 rings (SSSR count). The van der Waals surface area contributed by atoms with E-state index in [1.54, 1.807) is 0 Å². The van der Waals surface area contributed by atoms with E-state index in [1.807, 2.05) is 54.5 Å². The van der Waals surface area contributed by atoms with E-state index in [-0.39, 0.29) is 12.0 Å². The molecule has 7 nitrogen and oxygen atoms in total. The summed E-state index contributed by atoms with van der Waals surface area (Å²) in [6, 6.07) is 0. The van der Waals surface area contributed by atoms with Gasteiger partial charge in [0.1, 0.15) is 6.10 Å². The van der Waals surface area contributed by atoms with Gasteiger partial charge in [0.25, 0.3) is 5.97 Å². The third-order valence-electron chi connectivity index (χ3n) is 7.26. The third-order valence-corrected chi connectivity index (χ3v) is 7.26. The molecule has 0 saturated heterocycles. The van der Waals surface area contributed by atoms with Crippen LogP contribution in [0.2, 0.25) is 0 Å². The van der Waals surface area contributed by atoms with Gasteiger partial charge >= 0.3 is 5.97 Å². The first kappa shape index (κ1) is 44.6. The summed E-state index contributed by atoms with van der Waals surface area (Å²) in [6.07, 6.45) is 18.9. The first-order valence-corrected chi connectivity index (χ1v) is 18.0. The SMILES string of the molecule is C=CC(CCCCCCCC)C(OCC)(OCC)OCC.CCCCCCCCC(OCC)C(OCC)(OCC)OCC. The first-order chi connectivity index (χ1) is 20.9. The fourth-order valence-corrected chi connectivity index (χ4v) is 5.31. The molecule has 2 unspecified atom stereocenters. The number of hydrogen-bond donors (Lipinski definition) is 0. The predicted octanol–water partition coefficient (Wildman–Crippen LogP) is 10.2. The second-order valence-corrected chi connectivity index (χ2v) is 10.7. The highest BCUT2D eigenvalue weighted by molar-refractivity contribution is 4.87. The van der Waals surface area contributed by atoms with Gasteiger partial charge in [0.15, 0.2) is 0 Å². The van der Waals surface area contributed by atoms with Gasteiger partial charge in [-0.15, -0.1) is 6.58 Å². The Morgan fingerprint density at radius 1 is 0.442 bits per heavy atom. The van der Waals surface area contributed by atoms with Gasteiger partial charge in [0, 0.05) is 46.2 Å². The second-order valence-electron chi connectivity index (χ2n) is 10.7. The molecule has 0 spiro atoms. The Morgan fingerprint density at radius 2 is 0.791 bits per heavy atom. The van der Waals surface area contributed by atoms with Crippen molar-refractivity contribution in [2.45, 2.75) is 170 Å². The van der Waals surface area contributed by atoms with E-state index in [0.717, 1.165) is 25.7 Å². The van der Waals surface area contributed by atoms with Crippen LogP contribution in [0.1, 0.15) is 152 Å². The van der Waals surface area contributed by atoms with Crippen LogP contribution in [0.15, 0.2) is 12.7 Å². The Hall–Kier alpha value is -0.540. The van der Waals surface area contributed by atoms with Crippen molar-refractivity contribution < 1.29 is 33.2 Å². The van der Waals surface area contributed by atoms with Crippen molar-refractivity contribution in [1.29, 1.82) is 0 Å². The molecular weight excluding hydrogens is 544 g/mol. The van der Waals surface area contributed by atoms with Crippen LogP contribution in [-0.2, 0) is 33.2 Å². The molecule has 0 radical (unpaired) electrons. The third kappa shape index (κ3) is 20.3. The molecule has 0 aromatic rings. The maximum absolute atomic E-state index is 5.92. The highest BCUT2D eigenvalue weighted by atomic mass is 16.9. The summed E-state index contributed by atoms with van der Waals surface area (Å²) in [5.41, 5.74) is 0. The lowest BCUT2D eigenvalue weighted by atomic mass is 9.97. The topological polar surface area (TPSA) is 64.6 Å². The number of unbranched alkanes of at least 4 members (excludes halogenated alkanes) is 10. The van der Waals surface area contributed by atoms with Crippen molar-refractivity contribution >= 4 is 0 Å². The molecule has 2 atom stereocenters. The molecule has 0 aliphatic rings. The Labute approximate surface area is 268 Å². The molecule has 0 fully saturated rings. The molecule has 0 aromatic heterocycles. The molecule has 0 amide bonds. The molecule has 260 valence electrons. The summed E-state index contributed by atoms with van der Waals surface area (Å²) < 4.78 is 41.0. The molecule has 0 aromatic carbocycles. The number of ether oxygens (including phenoxy) is 7. The summed E-state index contributed by atoms with van der Waals surface area (Å²) in [6.45, 7) is 26.2. The molecule has 0 saturated carbocycles. The Morgan fingerprint density at radius 3 is 1.14 bits per heavy atom. The van der Waals surface area contributed by atoms with Gasteiger partial charge in [0.2, 0.25) is 0 Å². The fraction of sp³-hybridized carbons (Fsp3) is 0.944. The quantitative estimate of drug-likeness (QED) is 0.0435. The summed E-state index contributed by atoms with van der Waals surface area (Å²) in [7, 11) is 0. The summed E-state index contributed by atoms with van der Waals surface area (Å²) in [4.78, 5) is 0. The van der Waals surface area contributed by atoms with Crippen molar-refractivity contribution in [3.8, 4) is 0 Å². The summed E-state index contributed by atoms with van der Waals surface area (Å²) in [5, 5.41) is 0. The Bertz CT molecular complexity index is 538. The highest BCUT2D eigenvalue weighted by Crippen LogP contribution is 2.31. The van der Waals surface area contributed by atoms with Gasteiger partial charge in [-0.2, -0.15) is 0 Å². The van der Waals surface area contributed by atoms with Gasteiger partial charge in [-0.25, -0.2) is 0 Å². The Balaban J connectivity index is 0. The predicted molar refractivity (Wildman–Crippen MR) is 180 cm³/mol. The smallest absolute Gasteiger partial charge is 0.310 e. The van der Waals surface area contributed by atoms with Crippen molar-refractivity contribution in [3.05, 3.63) is 12.7 Å². The zero-order chi connectivity index (χ0) is 32.7. The Kier molecular flexibility index (Phi) is 32.6. The number of rotatable bonds is 31. The lowest BCUT2D eigenvalue weighted by Gasteiger charge is -2.38. The average molecular weight is 619 g/mol. The van der Waals surface area contributed by atoms with Crippen LogP contribution in [-0.4, -0.2) is 64.3 Å². The molecule has 0 N–H and O–H groups in total. The zero-order valence-corrected chi connectivity index (χ0v) is 30.1. The van der Waals surface area contributed by atoms with E-state index in [4.69, 9.17) is 33.2 Å². The summed E-state index contributed by atoms with van der Waals surface area (Å²) >= 11 is 0. The minimum absolute atomic E-state index is 0.0727. The van der Waals surface area contributed by atoms with Crippen LogP contribution in [0.4, 0.5) is 0 Å². The second kappa shape index (κ2) is 31.4. The molecule has 0 aliphatic carbocycles. The highest BCUT2D eigenvalue weighted by Gasteiger charge is 2.43. The van der Waals surface area contributed by atoms with Gasteiger partial charge in [-0.05, 0) is 61.3 Å². The van der Waals surface area contributed by atoms with E-state index < -0.39 is 11.9 Å². The summed E-state index contributed by atoms with van der Waals surface area (Å²) in [5.74, 6) is -1.94. The lowest BCUT2D eigenvalue weighted by Crippen LogP contribution is -2.51. The first-order valence-electron chi connectivity index (χ1n) is 18.0. The van der Waals surface area contributed by atoms with E-state index in [0.29, 0.717) is 46.2 Å². The molecular formula is C36H74O7. The number of hydrogen-bond acceptors (Lipinski definition) is 7. The molecule has 0 heterocycles. The normalized spacial score (nSPS) is 13.4. The van der Waals surface area contributed by atoms with Crippen LogP contribution >= 0.6 is 0 Å². The van der Waals surface area contributed by atoms with E-state index in [9.17, 15) is 0 Å². The van der Waals surface area contributed by atoms with Crippen LogP contribution in [0.3, 0.4) is 0 Å². The molecule has 0 bridgehead atoms. The van der Waals surface area contributed by atoms with E-state index in [2.05, 4.69) is 20.4 Å². The van der Waals surface area contributed by atoms with Crippen LogP contribution in [0, 0.1) is 5.92 Å². The average Bonchev–Trinajstić information content (AvgIpc) is 2.99. The van der Waals surface area contributed by atoms with Crippen molar-refractivity contribution in [2.75, 3.05) is 46.2 Å². The van der Waals surface area contributed by atoms with Gasteiger partial charge < -0.3 is 33.2 Å². The monoisotopic (exact) mass is 619 g/mol. The van der Waals surface area contributed by atoms with Crippen LogP contribution < -0.4 is 0 Å². The van der Waals surface area contributed by atoms with Gasteiger partial charge in [0.05, 0.1) is 5.92 Å². The van der Waals surface area contributed by atoms with Crippen LogP contribution in [0.5, 0.6) is 0 Å². The van der Waals surface area contributed by atoms with Crippen molar-refractivity contribution in [3.63, 3.8) is 0 Å². The van der Waals surface area contributed by atoms with Gasteiger partial charge in [-0.1, -0.05) is 97.0 Å². The zero-order valence-electron chi connectivity index (χ0n) is 30.1. The standard InChI is InChI=1S/C18H38O4.C18H36O3/c1-6-11-12-13-14-15-16-17(19-7-2)18(20-8-3,21-9-4)22-10-5;1-6-11-12-13-14-15-16-17(7-2)18(19-8-3,20-9-4)21-10-5/h17H,6-16H2,1-5H3;7,17H,2,6,8-16H2,1,3-5H3. The maximum atomic E-state index is 5.92. The van der Waals surface area contributed by atoms with E-state index in [1.165, 1.54) is 64.2 Å². The maximum Gasteiger partial charge on any atom is 0.310 e. The largest absolute Gasteiger partial charge is 0.370 e. The minimum Gasteiger partial charge on any atom is -0.370 e. The minimum atomic E-state index is -1.06. The molecule has 7 heteroatoms. The van der Waals surface area contributed by atoms with Gasteiger partial charge in [-0.3, -0.25) is 0 Å². The molecule has 43 heavy (non-hydrogen) atoms.